The summed E-state index contributed by atoms with van der Waals surface area (Å²) in [6, 6.07) is 14.3. The van der Waals surface area contributed by atoms with E-state index in [4.69, 9.17) is 11.6 Å². The lowest BCUT2D eigenvalue weighted by molar-refractivity contribution is 0.818. The van der Waals surface area contributed by atoms with Gasteiger partial charge in [-0.3, -0.25) is 0 Å². The van der Waals surface area contributed by atoms with E-state index >= 15 is 0 Å². The van der Waals surface area contributed by atoms with Gasteiger partial charge >= 0.3 is 0 Å². The third-order valence-electron chi connectivity index (χ3n) is 2.61. The average Bonchev–Trinajstić information content (AvgIpc) is 2.33. The molecule has 0 saturated carbocycles. The van der Waals surface area contributed by atoms with Gasteiger partial charge < -0.3 is 5.32 Å². The summed E-state index contributed by atoms with van der Waals surface area (Å²) in [5.41, 5.74) is 3.40. The number of halogens is 2. The second-order valence-electron chi connectivity index (χ2n) is 3.82. The van der Waals surface area contributed by atoms with Gasteiger partial charge in [0, 0.05) is 16.0 Å². The molecule has 3 heteroatoms. The number of hydrogen-bond donors (Lipinski definition) is 1. The smallest absolute Gasteiger partial charge is 0.0457 e. The van der Waals surface area contributed by atoms with Crippen LogP contribution in [0.2, 0.25) is 5.02 Å². The van der Waals surface area contributed by atoms with Crippen LogP contribution in [-0.2, 0) is 6.54 Å². The first-order valence-electron chi connectivity index (χ1n) is 5.40. The van der Waals surface area contributed by atoms with Gasteiger partial charge in [-0.1, -0.05) is 57.9 Å². The summed E-state index contributed by atoms with van der Waals surface area (Å²) >= 11 is 9.81. The largest absolute Gasteiger partial charge is 0.316 e. The molecular formula is C14H13BrClN. The molecule has 0 amide bonds. The highest BCUT2D eigenvalue weighted by Crippen LogP contribution is 2.30. The van der Waals surface area contributed by atoms with Gasteiger partial charge in [0.25, 0.3) is 0 Å². The van der Waals surface area contributed by atoms with E-state index in [-0.39, 0.29) is 0 Å². The number of benzene rings is 2. The Kier molecular flexibility index (Phi) is 4.21. The molecule has 0 aliphatic carbocycles. The molecule has 2 rings (SSSR count). The van der Waals surface area contributed by atoms with Crippen LogP contribution in [0.5, 0.6) is 0 Å². The monoisotopic (exact) mass is 309 g/mol. The van der Waals surface area contributed by atoms with Crippen molar-refractivity contribution in [2.45, 2.75) is 6.54 Å². The molecule has 88 valence electrons. The fourth-order valence-corrected chi connectivity index (χ4v) is 2.51. The molecule has 1 N–H and O–H groups in total. The van der Waals surface area contributed by atoms with Gasteiger partial charge in [0.05, 0.1) is 0 Å². The lowest BCUT2D eigenvalue weighted by Crippen LogP contribution is -2.05. The fourth-order valence-electron chi connectivity index (χ4n) is 1.74. The predicted molar refractivity (Wildman–Crippen MR) is 77.4 cm³/mol. The quantitative estimate of drug-likeness (QED) is 0.881. The van der Waals surface area contributed by atoms with Crippen LogP contribution in [0.25, 0.3) is 11.1 Å². The Hall–Kier alpha value is -0.830. The second kappa shape index (κ2) is 5.67. The van der Waals surface area contributed by atoms with Crippen LogP contribution >= 0.6 is 27.5 Å². The average molecular weight is 311 g/mol. The Morgan fingerprint density at radius 1 is 1.18 bits per heavy atom. The van der Waals surface area contributed by atoms with Gasteiger partial charge in [-0.05, 0) is 35.9 Å². The van der Waals surface area contributed by atoms with E-state index in [1.165, 1.54) is 0 Å². The van der Waals surface area contributed by atoms with Crippen molar-refractivity contribution in [2.24, 2.45) is 0 Å². The van der Waals surface area contributed by atoms with Crippen molar-refractivity contribution in [2.75, 3.05) is 7.05 Å². The first kappa shape index (κ1) is 12.6. The first-order chi connectivity index (χ1) is 8.22. The van der Waals surface area contributed by atoms with Crippen molar-refractivity contribution in [3.8, 4) is 11.1 Å². The lowest BCUT2D eigenvalue weighted by atomic mass is 10.0. The molecule has 0 aliphatic heterocycles. The molecule has 1 nitrogen and oxygen atoms in total. The molecule has 0 saturated heterocycles. The first-order valence-corrected chi connectivity index (χ1v) is 6.57. The number of nitrogens with one attached hydrogen (secondary N) is 1. The van der Waals surface area contributed by atoms with Crippen molar-refractivity contribution in [1.82, 2.24) is 5.32 Å². The van der Waals surface area contributed by atoms with E-state index in [1.54, 1.807) is 0 Å². The maximum Gasteiger partial charge on any atom is 0.0457 e. The molecule has 0 aromatic heterocycles. The minimum absolute atomic E-state index is 0.787. The summed E-state index contributed by atoms with van der Waals surface area (Å²) in [7, 11) is 1.91. The van der Waals surface area contributed by atoms with Crippen molar-refractivity contribution in [3.05, 3.63) is 57.5 Å². The molecule has 2 aromatic carbocycles. The van der Waals surface area contributed by atoms with Gasteiger partial charge in [-0.2, -0.15) is 0 Å². The standard InChI is InChI=1S/C14H13BrClN/c1-17-9-11-7-6-10(8-14(11)16)12-4-2-3-5-13(12)15/h2-8,17H,9H2,1H3. The fraction of sp³-hybridized carbons (Fsp3) is 0.143. The Balaban J connectivity index is 2.41. The zero-order chi connectivity index (χ0) is 12.3. The summed E-state index contributed by atoms with van der Waals surface area (Å²) in [6.07, 6.45) is 0. The molecule has 0 atom stereocenters. The van der Waals surface area contributed by atoms with Crippen molar-refractivity contribution in [1.29, 1.82) is 0 Å². The number of rotatable bonds is 3. The minimum atomic E-state index is 0.787. The molecule has 0 spiro atoms. The predicted octanol–water partition coefficient (Wildman–Crippen LogP) is 4.49. The molecule has 0 bridgehead atoms. The molecule has 2 aromatic rings. The molecule has 0 fully saturated rings. The van der Waals surface area contributed by atoms with E-state index < -0.39 is 0 Å². The normalized spacial score (nSPS) is 10.5. The maximum atomic E-state index is 6.26. The summed E-state index contributed by atoms with van der Waals surface area (Å²) in [6.45, 7) is 0.787. The van der Waals surface area contributed by atoms with E-state index in [0.717, 1.165) is 32.7 Å². The lowest BCUT2D eigenvalue weighted by Gasteiger charge is -2.08. The van der Waals surface area contributed by atoms with Crippen LogP contribution in [0.3, 0.4) is 0 Å². The van der Waals surface area contributed by atoms with Crippen LogP contribution in [0.1, 0.15) is 5.56 Å². The molecule has 0 radical (unpaired) electrons. The Morgan fingerprint density at radius 2 is 1.94 bits per heavy atom. The summed E-state index contributed by atoms with van der Waals surface area (Å²) < 4.78 is 1.08. The third-order valence-corrected chi connectivity index (χ3v) is 3.65. The van der Waals surface area contributed by atoms with Gasteiger partial charge in [0.1, 0.15) is 0 Å². The molecule has 0 heterocycles. The van der Waals surface area contributed by atoms with Crippen LogP contribution in [0.15, 0.2) is 46.9 Å². The van der Waals surface area contributed by atoms with Gasteiger partial charge in [0.2, 0.25) is 0 Å². The van der Waals surface area contributed by atoms with Crippen LogP contribution in [0, 0.1) is 0 Å². The highest BCUT2D eigenvalue weighted by Gasteiger charge is 2.05. The Labute approximate surface area is 115 Å². The van der Waals surface area contributed by atoms with E-state index in [9.17, 15) is 0 Å². The maximum absolute atomic E-state index is 6.26. The van der Waals surface area contributed by atoms with E-state index in [0.29, 0.717) is 0 Å². The topological polar surface area (TPSA) is 12.0 Å². The van der Waals surface area contributed by atoms with Crippen molar-refractivity contribution in [3.63, 3.8) is 0 Å². The molecular weight excluding hydrogens is 298 g/mol. The van der Waals surface area contributed by atoms with E-state index in [1.807, 2.05) is 31.3 Å². The SMILES string of the molecule is CNCc1ccc(-c2ccccc2Br)cc1Cl. The zero-order valence-electron chi connectivity index (χ0n) is 9.50. The van der Waals surface area contributed by atoms with E-state index in [2.05, 4.69) is 39.4 Å². The Bertz CT molecular complexity index is 525. The summed E-state index contributed by atoms with van der Waals surface area (Å²) in [5, 5.41) is 3.90. The van der Waals surface area contributed by atoms with Crippen LogP contribution in [0.4, 0.5) is 0 Å². The van der Waals surface area contributed by atoms with Gasteiger partial charge in [0.15, 0.2) is 0 Å². The number of hydrogen-bond acceptors (Lipinski definition) is 1. The zero-order valence-corrected chi connectivity index (χ0v) is 11.8. The summed E-state index contributed by atoms with van der Waals surface area (Å²) in [5.74, 6) is 0. The molecule has 0 unspecified atom stereocenters. The van der Waals surface area contributed by atoms with Crippen LogP contribution in [-0.4, -0.2) is 7.05 Å². The molecule has 0 aliphatic rings. The Morgan fingerprint density at radius 3 is 2.59 bits per heavy atom. The second-order valence-corrected chi connectivity index (χ2v) is 5.08. The third kappa shape index (κ3) is 2.89. The summed E-state index contributed by atoms with van der Waals surface area (Å²) in [4.78, 5) is 0. The highest BCUT2D eigenvalue weighted by molar-refractivity contribution is 9.10. The van der Waals surface area contributed by atoms with Gasteiger partial charge in [-0.25, -0.2) is 0 Å². The van der Waals surface area contributed by atoms with Crippen molar-refractivity contribution >= 4 is 27.5 Å². The van der Waals surface area contributed by atoms with Gasteiger partial charge in [-0.15, -0.1) is 0 Å². The van der Waals surface area contributed by atoms with Crippen molar-refractivity contribution < 1.29 is 0 Å². The van der Waals surface area contributed by atoms with Crippen LogP contribution < -0.4 is 5.32 Å². The minimum Gasteiger partial charge on any atom is -0.316 e. The highest BCUT2D eigenvalue weighted by atomic mass is 79.9. The molecule has 17 heavy (non-hydrogen) atoms.